The van der Waals surface area contributed by atoms with E-state index in [2.05, 4.69) is 15.9 Å². The molecule has 0 unspecified atom stereocenters. The molecule has 1 amide bonds. The van der Waals surface area contributed by atoms with Crippen molar-refractivity contribution in [1.29, 1.82) is 0 Å². The number of hydrogen-bond acceptors (Lipinski definition) is 2. The molecule has 0 atom stereocenters. The maximum Gasteiger partial charge on any atom is 0.258 e. The quantitative estimate of drug-likeness (QED) is 0.861. The van der Waals surface area contributed by atoms with Gasteiger partial charge in [0.15, 0.2) is 0 Å². The number of anilines is 2. The number of carbonyl (C=O) groups is 1. The van der Waals surface area contributed by atoms with Crippen LogP contribution < -0.4 is 10.6 Å². The number of halogens is 2. The first-order valence-electron chi connectivity index (χ1n) is 5.57. The second-order valence-corrected chi connectivity index (χ2v) is 5.03. The van der Waals surface area contributed by atoms with Gasteiger partial charge < -0.3 is 10.6 Å². The van der Waals surface area contributed by atoms with Gasteiger partial charge in [-0.2, -0.15) is 0 Å². The third kappa shape index (κ3) is 3.12. The molecule has 0 aromatic heterocycles. The number of amides is 1. The Bertz CT molecular complexity index is 593. The Balaban J connectivity index is 2.30. The first kappa shape index (κ1) is 13.5. The van der Waals surface area contributed by atoms with Gasteiger partial charge in [-0.25, -0.2) is 4.39 Å². The van der Waals surface area contributed by atoms with Crippen molar-refractivity contribution in [3.8, 4) is 0 Å². The van der Waals surface area contributed by atoms with E-state index in [-0.39, 0.29) is 11.7 Å². The third-order valence-electron chi connectivity index (χ3n) is 2.69. The minimum atomic E-state index is -0.337. The molecular formula is C14H12BrFN2O. The summed E-state index contributed by atoms with van der Waals surface area (Å²) in [6, 6.07) is 10.7. The Morgan fingerprint density at radius 1 is 1.21 bits per heavy atom. The van der Waals surface area contributed by atoms with Gasteiger partial charge in [0.25, 0.3) is 5.91 Å². The van der Waals surface area contributed by atoms with Crippen molar-refractivity contribution < 1.29 is 9.18 Å². The van der Waals surface area contributed by atoms with E-state index in [1.54, 1.807) is 37.4 Å². The van der Waals surface area contributed by atoms with Gasteiger partial charge in [-0.05, 0) is 42.5 Å². The number of carbonyl (C=O) groups excluding carboxylic acids is 1. The number of nitrogens with zero attached hydrogens (tertiary/aromatic N) is 1. The fraction of sp³-hybridized carbons (Fsp3) is 0.0714. The minimum Gasteiger partial charge on any atom is -0.399 e. The van der Waals surface area contributed by atoms with Gasteiger partial charge in [-0.3, -0.25) is 4.79 Å². The highest BCUT2D eigenvalue weighted by atomic mass is 79.9. The topological polar surface area (TPSA) is 46.3 Å². The van der Waals surface area contributed by atoms with E-state index in [0.29, 0.717) is 16.9 Å². The first-order valence-corrected chi connectivity index (χ1v) is 6.36. The molecule has 2 aromatic carbocycles. The van der Waals surface area contributed by atoms with Crippen LogP contribution in [0.5, 0.6) is 0 Å². The lowest BCUT2D eigenvalue weighted by Crippen LogP contribution is -2.26. The van der Waals surface area contributed by atoms with Gasteiger partial charge in [-0.1, -0.05) is 15.9 Å². The summed E-state index contributed by atoms with van der Waals surface area (Å²) in [4.78, 5) is 13.7. The molecule has 2 aromatic rings. The van der Waals surface area contributed by atoms with Crippen LogP contribution in [0.1, 0.15) is 10.4 Å². The molecule has 0 fully saturated rings. The molecule has 98 valence electrons. The highest BCUT2D eigenvalue weighted by molar-refractivity contribution is 9.10. The van der Waals surface area contributed by atoms with Crippen LogP contribution in [0.2, 0.25) is 0 Å². The lowest BCUT2D eigenvalue weighted by atomic mass is 10.1. The molecule has 0 heterocycles. The second kappa shape index (κ2) is 5.40. The molecule has 0 radical (unpaired) electrons. The average Bonchev–Trinajstić information content (AvgIpc) is 2.37. The van der Waals surface area contributed by atoms with E-state index in [1.165, 1.54) is 17.0 Å². The molecule has 0 aliphatic carbocycles. The summed E-state index contributed by atoms with van der Waals surface area (Å²) >= 11 is 3.30. The fourth-order valence-electron chi connectivity index (χ4n) is 1.71. The van der Waals surface area contributed by atoms with Gasteiger partial charge in [-0.15, -0.1) is 0 Å². The number of nitrogen functional groups attached to an aromatic ring is 1. The number of benzene rings is 2. The summed E-state index contributed by atoms with van der Waals surface area (Å²) in [7, 11) is 1.63. The van der Waals surface area contributed by atoms with E-state index in [0.717, 1.165) is 4.47 Å². The van der Waals surface area contributed by atoms with Gasteiger partial charge in [0.2, 0.25) is 0 Å². The van der Waals surface area contributed by atoms with E-state index in [4.69, 9.17) is 5.73 Å². The largest absolute Gasteiger partial charge is 0.399 e. The van der Waals surface area contributed by atoms with Crippen molar-refractivity contribution in [2.45, 2.75) is 0 Å². The van der Waals surface area contributed by atoms with E-state index < -0.39 is 0 Å². The summed E-state index contributed by atoms with van der Waals surface area (Å²) in [6.07, 6.45) is 0. The highest BCUT2D eigenvalue weighted by Gasteiger charge is 2.14. The SMILES string of the molecule is CN(C(=O)c1cc(N)cc(Br)c1)c1ccc(F)cc1. The van der Waals surface area contributed by atoms with E-state index in [9.17, 15) is 9.18 Å². The molecule has 0 saturated carbocycles. The van der Waals surface area contributed by atoms with Crippen LogP contribution in [0.15, 0.2) is 46.9 Å². The highest BCUT2D eigenvalue weighted by Crippen LogP contribution is 2.21. The summed E-state index contributed by atoms with van der Waals surface area (Å²) in [5.41, 5.74) is 7.30. The molecule has 2 rings (SSSR count). The zero-order valence-corrected chi connectivity index (χ0v) is 11.8. The van der Waals surface area contributed by atoms with Crippen molar-refractivity contribution >= 4 is 33.2 Å². The monoisotopic (exact) mass is 322 g/mol. The maximum atomic E-state index is 12.9. The third-order valence-corrected chi connectivity index (χ3v) is 3.14. The van der Waals surface area contributed by atoms with Crippen molar-refractivity contribution in [3.63, 3.8) is 0 Å². The molecule has 0 spiro atoms. The molecule has 0 bridgehead atoms. The van der Waals surface area contributed by atoms with Crippen LogP contribution in [-0.4, -0.2) is 13.0 Å². The standard InChI is InChI=1S/C14H12BrFN2O/c1-18(13-4-2-11(16)3-5-13)14(19)9-6-10(15)8-12(17)7-9/h2-8H,17H2,1H3. The maximum absolute atomic E-state index is 12.9. The Morgan fingerprint density at radius 2 is 1.84 bits per heavy atom. The van der Waals surface area contributed by atoms with Crippen LogP contribution in [-0.2, 0) is 0 Å². The smallest absolute Gasteiger partial charge is 0.258 e. The zero-order chi connectivity index (χ0) is 14.0. The van der Waals surface area contributed by atoms with Crippen LogP contribution in [0, 0.1) is 5.82 Å². The van der Waals surface area contributed by atoms with Crippen molar-refractivity contribution in [2.24, 2.45) is 0 Å². The van der Waals surface area contributed by atoms with E-state index >= 15 is 0 Å². The Labute approximate surface area is 119 Å². The zero-order valence-electron chi connectivity index (χ0n) is 10.2. The molecule has 2 N–H and O–H groups in total. The molecule has 0 aliphatic heterocycles. The van der Waals surface area contributed by atoms with Gasteiger partial charge >= 0.3 is 0 Å². The van der Waals surface area contributed by atoms with E-state index in [1.807, 2.05) is 0 Å². The Hall–Kier alpha value is -1.88. The van der Waals surface area contributed by atoms with Gasteiger partial charge in [0.1, 0.15) is 5.82 Å². The predicted molar refractivity (Wildman–Crippen MR) is 77.7 cm³/mol. The Morgan fingerprint density at radius 3 is 2.42 bits per heavy atom. The lowest BCUT2D eigenvalue weighted by Gasteiger charge is -2.17. The Kier molecular flexibility index (Phi) is 3.85. The van der Waals surface area contributed by atoms with Crippen LogP contribution in [0.4, 0.5) is 15.8 Å². The number of nitrogens with two attached hydrogens (primary N) is 1. The summed E-state index contributed by atoms with van der Waals surface area (Å²) in [6.45, 7) is 0. The summed E-state index contributed by atoms with van der Waals surface area (Å²) in [5.74, 6) is -0.545. The normalized spacial score (nSPS) is 10.3. The average molecular weight is 323 g/mol. The predicted octanol–water partition coefficient (Wildman–Crippen LogP) is 3.45. The van der Waals surface area contributed by atoms with Crippen molar-refractivity contribution in [3.05, 3.63) is 58.3 Å². The molecule has 0 saturated heterocycles. The number of hydrogen-bond donors (Lipinski definition) is 1. The van der Waals surface area contributed by atoms with Gasteiger partial charge in [0, 0.05) is 28.5 Å². The molecule has 3 nitrogen and oxygen atoms in total. The summed E-state index contributed by atoms with van der Waals surface area (Å²) in [5, 5.41) is 0. The van der Waals surface area contributed by atoms with Crippen LogP contribution in [0.25, 0.3) is 0 Å². The second-order valence-electron chi connectivity index (χ2n) is 4.11. The molecule has 19 heavy (non-hydrogen) atoms. The van der Waals surface area contributed by atoms with Gasteiger partial charge in [0.05, 0.1) is 0 Å². The minimum absolute atomic E-state index is 0.209. The molecule has 5 heteroatoms. The molecular weight excluding hydrogens is 311 g/mol. The fourth-order valence-corrected chi connectivity index (χ4v) is 2.22. The lowest BCUT2D eigenvalue weighted by molar-refractivity contribution is 0.0993. The van der Waals surface area contributed by atoms with Crippen molar-refractivity contribution in [1.82, 2.24) is 0 Å². The number of rotatable bonds is 2. The van der Waals surface area contributed by atoms with Crippen molar-refractivity contribution in [2.75, 3.05) is 17.7 Å². The first-order chi connectivity index (χ1) is 8.97. The summed E-state index contributed by atoms with van der Waals surface area (Å²) < 4.78 is 13.6. The van der Waals surface area contributed by atoms with Crippen LogP contribution in [0.3, 0.4) is 0 Å². The molecule has 0 aliphatic rings. The van der Waals surface area contributed by atoms with Crippen LogP contribution >= 0.6 is 15.9 Å².